The summed E-state index contributed by atoms with van der Waals surface area (Å²) >= 11 is 5.88. The molecule has 0 spiro atoms. The van der Waals surface area contributed by atoms with Crippen LogP contribution in [-0.4, -0.2) is 18.7 Å². The average Bonchev–Trinajstić information content (AvgIpc) is 2.57. The molecular formula is C19H18ClNO3. The van der Waals surface area contributed by atoms with Gasteiger partial charge in [-0.15, -0.1) is 0 Å². The van der Waals surface area contributed by atoms with Gasteiger partial charge in [0.05, 0.1) is 11.1 Å². The summed E-state index contributed by atoms with van der Waals surface area (Å²) in [6.45, 7) is 4.25. The van der Waals surface area contributed by atoms with E-state index in [0.29, 0.717) is 28.5 Å². The third-order valence-electron chi connectivity index (χ3n) is 3.69. The van der Waals surface area contributed by atoms with Gasteiger partial charge in [0.15, 0.2) is 5.78 Å². The fourth-order valence-electron chi connectivity index (χ4n) is 2.48. The van der Waals surface area contributed by atoms with Gasteiger partial charge in [0.2, 0.25) is 6.29 Å². The largest absolute Gasteiger partial charge is 0.460 e. The Kier molecular flexibility index (Phi) is 4.88. The predicted octanol–water partition coefficient (Wildman–Crippen LogP) is 4.58. The Balaban J connectivity index is 1.92. The molecule has 0 bridgehead atoms. The second kappa shape index (κ2) is 7.07. The van der Waals surface area contributed by atoms with Crippen LogP contribution < -0.4 is 10.1 Å². The lowest BCUT2D eigenvalue weighted by molar-refractivity contribution is -0.0509. The van der Waals surface area contributed by atoms with Crippen molar-refractivity contribution in [3.05, 3.63) is 70.4 Å². The van der Waals surface area contributed by atoms with Gasteiger partial charge in [-0.3, -0.25) is 4.79 Å². The molecule has 1 aliphatic rings. The highest BCUT2D eigenvalue weighted by atomic mass is 35.5. The minimum absolute atomic E-state index is 0.0973. The number of Topliss-reactive ketones (excluding diaryl/α,β-unsaturated/α-hetero) is 1. The number of hydrogen-bond donors (Lipinski definition) is 1. The molecule has 5 heteroatoms. The maximum Gasteiger partial charge on any atom is 0.232 e. The van der Waals surface area contributed by atoms with E-state index in [1.54, 1.807) is 24.4 Å². The number of nitrogens with one attached hydrogen (secondary N) is 1. The minimum Gasteiger partial charge on any atom is -0.460 e. The molecule has 24 heavy (non-hydrogen) atoms. The van der Waals surface area contributed by atoms with Crippen molar-refractivity contribution in [1.82, 2.24) is 0 Å². The number of ketones is 1. The first-order chi connectivity index (χ1) is 11.6. The molecule has 0 fully saturated rings. The molecule has 0 saturated heterocycles. The van der Waals surface area contributed by atoms with Crippen molar-refractivity contribution in [2.75, 3.05) is 11.9 Å². The molecule has 0 radical (unpaired) electrons. The quantitative estimate of drug-likeness (QED) is 0.825. The molecule has 1 N–H and O–H groups in total. The highest BCUT2D eigenvalue weighted by Gasteiger charge is 2.32. The molecule has 124 valence electrons. The number of aryl methyl sites for hydroxylation is 1. The smallest absolute Gasteiger partial charge is 0.232 e. The average molecular weight is 344 g/mol. The lowest BCUT2D eigenvalue weighted by Gasteiger charge is -2.27. The third kappa shape index (κ3) is 3.45. The highest BCUT2D eigenvalue weighted by molar-refractivity contribution is 6.30. The summed E-state index contributed by atoms with van der Waals surface area (Å²) in [5, 5.41) is 3.76. The van der Waals surface area contributed by atoms with Gasteiger partial charge in [0, 0.05) is 23.5 Å². The SMILES string of the molecule is CCOC1Oc2ccc(C)cc2C(=O)/C1=C/Nc1ccc(Cl)cc1. The van der Waals surface area contributed by atoms with Crippen molar-refractivity contribution >= 4 is 23.1 Å². The normalized spacial score (nSPS) is 18.2. The summed E-state index contributed by atoms with van der Waals surface area (Å²) < 4.78 is 11.4. The number of ether oxygens (including phenoxy) is 2. The van der Waals surface area contributed by atoms with Crippen LogP contribution in [0, 0.1) is 6.92 Å². The number of hydrogen-bond acceptors (Lipinski definition) is 4. The standard InChI is InChI=1S/C19H18ClNO3/c1-3-23-19-16(11-21-14-7-5-13(20)6-8-14)18(22)15-10-12(2)4-9-17(15)24-19/h4-11,19,21H,3H2,1-2H3/b16-11-. The number of rotatable bonds is 4. The second-order valence-electron chi connectivity index (χ2n) is 5.48. The molecule has 4 nitrogen and oxygen atoms in total. The van der Waals surface area contributed by atoms with Crippen LogP contribution in [0.1, 0.15) is 22.8 Å². The van der Waals surface area contributed by atoms with Gasteiger partial charge in [0.25, 0.3) is 0 Å². The molecule has 0 aliphatic carbocycles. The van der Waals surface area contributed by atoms with Crippen LogP contribution in [0.4, 0.5) is 5.69 Å². The Bertz CT molecular complexity index is 784. The number of carbonyl (C=O) groups excluding carboxylic acids is 1. The fraction of sp³-hybridized carbons (Fsp3) is 0.211. The molecule has 3 rings (SSSR count). The highest BCUT2D eigenvalue weighted by Crippen LogP contribution is 2.32. The topological polar surface area (TPSA) is 47.6 Å². The molecule has 0 saturated carbocycles. The number of benzene rings is 2. The minimum atomic E-state index is -0.725. The maximum atomic E-state index is 12.8. The molecule has 1 aliphatic heterocycles. The molecule has 1 heterocycles. The lowest BCUT2D eigenvalue weighted by Crippen LogP contribution is -2.33. The van der Waals surface area contributed by atoms with Gasteiger partial charge < -0.3 is 14.8 Å². The first-order valence-corrected chi connectivity index (χ1v) is 8.12. The zero-order valence-corrected chi connectivity index (χ0v) is 14.3. The van der Waals surface area contributed by atoms with Crippen molar-refractivity contribution in [2.24, 2.45) is 0 Å². The fourth-order valence-corrected chi connectivity index (χ4v) is 2.61. The van der Waals surface area contributed by atoms with Crippen molar-refractivity contribution in [1.29, 1.82) is 0 Å². The monoisotopic (exact) mass is 343 g/mol. The Labute approximate surface area is 146 Å². The van der Waals surface area contributed by atoms with E-state index in [2.05, 4.69) is 5.32 Å². The first-order valence-electron chi connectivity index (χ1n) is 7.74. The number of anilines is 1. The molecular weight excluding hydrogens is 326 g/mol. The van der Waals surface area contributed by atoms with E-state index in [9.17, 15) is 4.79 Å². The summed E-state index contributed by atoms with van der Waals surface area (Å²) in [6, 6.07) is 12.8. The van der Waals surface area contributed by atoms with E-state index in [1.807, 2.05) is 38.1 Å². The van der Waals surface area contributed by atoms with Crippen LogP contribution in [0.25, 0.3) is 0 Å². The number of fused-ring (bicyclic) bond motifs is 1. The molecule has 0 aromatic heterocycles. The van der Waals surface area contributed by atoms with Crippen LogP contribution in [0.2, 0.25) is 5.02 Å². The number of carbonyl (C=O) groups is 1. The predicted molar refractivity (Wildman–Crippen MR) is 94.7 cm³/mol. The van der Waals surface area contributed by atoms with Crippen LogP contribution >= 0.6 is 11.6 Å². The van der Waals surface area contributed by atoms with Gasteiger partial charge in [-0.2, -0.15) is 0 Å². The van der Waals surface area contributed by atoms with Crippen LogP contribution in [0.3, 0.4) is 0 Å². The summed E-state index contributed by atoms with van der Waals surface area (Å²) in [6.07, 6.45) is 0.912. The van der Waals surface area contributed by atoms with Crippen molar-refractivity contribution < 1.29 is 14.3 Å². The lowest BCUT2D eigenvalue weighted by atomic mass is 9.98. The summed E-state index contributed by atoms with van der Waals surface area (Å²) in [5.74, 6) is 0.451. The Hall–Kier alpha value is -2.30. The van der Waals surface area contributed by atoms with Gasteiger partial charge in [-0.1, -0.05) is 23.2 Å². The van der Waals surface area contributed by atoms with Gasteiger partial charge in [0.1, 0.15) is 5.75 Å². The molecule has 2 aromatic rings. The molecule has 2 aromatic carbocycles. The van der Waals surface area contributed by atoms with E-state index in [-0.39, 0.29) is 5.78 Å². The van der Waals surface area contributed by atoms with E-state index in [1.165, 1.54) is 0 Å². The van der Waals surface area contributed by atoms with Crippen molar-refractivity contribution in [3.63, 3.8) is 0 Å². The Morgan fingerprint density at radius 1 is 1.25 bits per heavy atom. The molecule has 1 atom stereocenters. The van der Waals surface area contributed by atoms with Crippen molar-refractivity contribution in [3.8, 4) is 5.75 Å². The summed E-state index contributed by atoms with van der Waals surface area (Å²) in [5.41, 5.74) is 2.82. The second-order valence-corrected chi connectivity index (χ2v) is 5.92. The maximum absolute atomic E-state index is 12.8. The van der Waals surface area contributed by atoms with E-state index >= 15 is 0 Å². The van der Waals surface area contributed by atoms with E-state index in [0.717, 1.165) is 11.3 Å². The van der Waals surface area contributed by atoms with Gasteiger partial charge in [-0.05, 0) is 50.2 Å². The van der Waals surface area contributed by atoms with Crippen LogP contribution in [0.15, 0.2) is 54.2 Å². The van der Waals surface area contributed by atoms with Gasteiger partial charge in [-0.25, -0.2) is 0 Å². The summed E-state index contributed by atoms with van der Waals surface area (Å²) in [7, 11) is 0. The van der Waals surface area contributed by atoms with E-state index < -0.39 is 6.29 Å². The van der Waals surface area contributed by atoms with Crippen molar-refractivity contribution in [2.45, 2.75) is 20.1 Å². The van der Waals surface area contributed by atoms with Gasteiger partial charge >= 0.3 is 0 Å². The Morgan fingerprint density at radius 2 is 2.00 bits per heavy atom. The number of halogens is 1. The zero-order chi connectivity index (χ0) is 17.1. The zero-order valence-electron chi connectivity index (χ0n) is 13.5. The first kappa shape index (κ1) is 16.6. The molecule has 1 unspecified atom stereocenters. The third-order valence-corrected chi connectivity index (χ3v) is 3.94. The van der Waals surface area contributed by atoms with Crippen LogP contribution in [0.5, 0.6) is 5.75 Å². The van der Waals surface area contributed by atoms with Crippen LogP contribution in [-0.2, 0) is 4.74 Å². The summed E-state index contributed by atoms with van der Waals surface area (Å²) in [4.78, 5) is 12.8. The van der Waals surface area contributed by atoms with E-state index in [4.69, 9.17) is 21.1 Å². The Morgan fingerprint density at radius 3 is 2.71 bits per heavy atom. The molecule has 0 amide bonds.